The second-order valence-corrected chi connectivity index (χ2v) is 6.12. The van der Waals surface area contributed by atoms with Crippen molar-refractivity contribution in [3.63, 3.8) is 0 Å². The van der Waals surface area contributed by atoms with Crippen molar-refractivity contribution in [2.75, 3.05) is 0 Å². The van der Waals surface area contributed by atoms with Gasteiger partial charge in [-0.2, -0.15) is 0 Å². The molecule has 1 nitrogen and oxygen atoms in total. The van der Waals surface area contributed by atoms with E-state index in [1.807, 2.05) is 0 Å². The monoisotopic (exact) mass is 322 g/mol. The Morgan fingerprint density at radius 1 is 0.913 bits per heavy atom. The second kappa shape index (κ2) is 7.07. The highest BCUT2D eigenvalue weighted by molar-refractivity contribution is 5.32. The first-order valence-electron chi connectivity index (χ1n) is 7.69. The van der Waals surface area contributed by atoms with Gasteiger partial charge in [-0.1, -0.05) is 57.2 Å². The topological polar surface area (TPSA) is 9.23 Å². The lowest BCUT2D eigenvalue weighted by Gasteiger charge is -2.15. The van der Waals surface area contributed by atoms with Crippen molar-refractivity contribution in [2.45, 2.75) is 45.4 Å². The Morgan fingerprint density at radius 3 is 2.13 bits per heavy atom. The number of rotatable bonds is 5. The molecule has 0 radical (unpaired) electrons. The smallest absolute Gasteiger partial charge is 0.406 e. The fraction of sp³-hybridized carbons (Fsp3) is 0.368. The molecule has 4 heteroatoms. The minimum absolute atomic E-state index is 0.185. The number of halogens is 3. The van der Waals surface area contributed by atoms with Crippen molar-refractivity contribution < 1.29 is 17.9 Å². The number of ether oxygens (including phenoxy) is 1. The molecule has 0 fully saturated rings. The Hall–Kier alpha value is -1.97. The predicted octanol–water partition coefficient (Wildman–Crippen LogP) is 6.05. The highest BCUT2D eigenvalue weighted by Gasteiger charge is 2.31. The van der Waals surface area contributed by atoms with Gasteiger partial charge in [-0.05, 0) is 47.1 Å². The summed E-state index contributed by atoms with van der Waals surface area (Å²) in [7, 11) is 0. The summed E-state index contributed by atoms with van der Waals surface area (Å²) in [5, 5.41) is 0. The summed E-state index contributed by atoms with van der Waals surface area (Å²) in [6, 6.07) is 14.6. The fourth-order valence-electron chi connectivity index (χ4n) is 2.55. The maximum atomic E-state index is 12.2. The molecule has 0 saturated carbocycles. The van der Waals surface area contributed by atoms with Crippen LogP contribution in [0.3, 0.4) is 0 Å². The van der Waals surface area contributed by atoms with Gasteiger partial charge in [-0.25, -0.2) is 0 Å². The fourth-order valence-corrected chi connectivity index (χ4v) is 2.55. The molecule has 0 aliphatic heterocycles. The SMILES string of the molecule is CC(C)c1cccc(CC(C)c2ccc(OC(F)(F)F)cc2)c1. The normalized spacial score (nSPS) is 13.2. The van der Waals surface area contributed by atoms with E-state index in [2.05, 4.69) is 49.8 Å². The molecule has 2 aromatic carbocycles. The minimum atomic E-state index is -4.65. The van der Waals surface area contributed by atoms with Gasteiger partial charge >= 0.3 is 6.36 Å². The van der Waals surface area contributed by atoms with E-state index in [-0.39, 0.29) is 11.7 Å². The number of hydrogen-bond donors (Lipinski definition) is 0. The number of benzene rings is 2. The average Bonchev–Trinajstić information content (AvgIpc) is 2.46. The molecule has 0 N–H and O–H groups in total. The summed E-state index contributed by atoms with van der Waals surface area (Å²) in [5.41, 5.74) is 3.53. The van der Waals surface area contributed by atoms with Crippen LogP contribution in [0.1, 0.15) is 49.3 Å². The Kier molecular flexibility index (Phi) is 5.34. The third kappa shape index (κ3) is 5.31. The largest absolute Gasteiger partial charge is 0.573 e. The highest BCUT2D eigenvalue weighted by atomic mass is 19.4. The van der Waals surface area contributed by atoms with Crippen LogP contribution < -0.4 is 4.74 Å². The first kappa shape index (κ1) is 17.4. The van der Waals surface area contributed by atoms with Crippen molar-refractivity contribution >= 4 is 0 Å². The molecule has 0 amide bonds. The Bertz CT molecular complexity index is 630. The van der Waals surface area contributed by atoms with Gasteiger partial charge in [0.25, 0.3) is 0 Å². The lowest BCUT2D eigenvalue weighted by molar-refractivity contribution is -0.274. The van der Waals surface area contributed by atoms with E-state index < -0.39 is 6.36 Å². The summed E-state index contributed by atoms with van der Waals surface area (Å²) in [6.45, 7) is 6.38. The van der Waals surface area contributed by atoms with Crippen LogP contribution in [0.25, 0.3) is 0 Å². The van der Waals surface area contributed by atoms with Crippen molar-refractivity contribution in [1.82, 2.24) is 0 Å². The van der Waals surface area contributed by atoms with Crippen LogP contribution in [0.2, 0.25) is 0 Å². The van der Waals surface area contributed by atoms with Crippen LogP contribution in [-0.4, -0.2) is 6.36 Å². The van der Waals surface area contributed by atoms with Gasteiger partial charge in [0.05, 0.1) is 0 Å². The van der Waals surface area contributed by atoms with Gasteiger partial charge in [0.15, 0.2) is 0 Å². The molecule has 0 aromatic heterocycles. The third-order valence-electron chi connectivity index (χ3n) is 3.84. The Morgan fingerprint density at radius 2 is 1.57 bits per heavy atom. The van der Waals surface area contributed by atoms with Gasteiger partial charge in [0.1, 0.15) is 5.75 Å². The zero-order valence-electron chi connectivity index (χ0n) is 13.5. The van der Waals surface area contributed by atoms with E-state index >= 15 is 0 Å². The minimum Gasteiger partial charge on any atom is -0.406 e. The lowest BCUT2D eigenvalue weighted by Crippen LogP contribution is -2.17. The molecule has 0 saturated heterocycles. The van der Waals surface area contributed by atoms with E-state index in [1.54, 1.807) is 12.1 Å². The molecule has 2 rings (SSSR count). The van der Waals surface area contributed by atoms with Crippen molar-refractivity contribution in [1.29, 1.82) is 0 Å². The average molecular weight is 322 g/mol. The highest BCUT2D eigenvalue weighted by Crippen LogP contribution is 2.27. The lowest BCUT2D eigenvalue weighted by atomic mass is 9.91. The number of hydrogen-bond acceptors (Lipinski definition) is 1. The molecule has 1 atom stereocenters. The van der Waals surface area contributed by atoms with Crippen molar-refractivity contribution in [3.05, 3.63) is 65.2 Å². The maximum Gasteiger partial charge on any atom is 0.573 e. The molecule has 0 aliphatic rings. The quantitative estimate of drug-likeness (QED) is 0.650. The molecule has 124 valence electrons. The second-order valence-electron chi connectivity index (χ2n) is 6.12. The van der Waals surface area contributed by atoms with Gasteiger partial charge in [-0.3, -0.25) is 0 Å². The van der Waals surface area contributed by atoms with E-state index in [0.717, 1.165) is 12.0 Å². The molecule has 0 spiro atoms. The molecule has 23 heavy (non-hydrogen) atoms. The van der Waals surface area contributed by atoms with E-state index in [4.69, 9.17) is 0 Å². The van der Waals surface area contributed by atoms with Crippen molar-refractivity contribution in [3.8, 4) is 5.75 Å². The summed E-state index contributed by atoms with van der Waals surface area (Å²) in [5.74, 6) is 0.511. The molecule has 1 unspecified atom stereocenters. The third-order valence-corrected chi connectivity index (χ3v) is 3.84. The first-order chi connectivity index (χ1) is 10.7. The van der Waals surface area contributed by atoms with E-state index in [1.165, 1.54) is 23.3 Å². The first-order valence-corrected chi connectivity index (χ1v) is 7.69. The van der Waals surface area contributed by atoms with Crippen LogP contribution in [0, 0.1) is 0 Å². The Balaban J connectivity index is 2.06. The summed E-state index contributed by atoms with van der Waals surface area (Å²) < 4.78 is 40.4. The standard InChI is InChI=1S/C19H21F3O/c1-13(2)17-6-4-5-15(12-17)11-14(3)16-7-9-18(10-8-16)23-19(20,21)22/h4-10,12-14H,11H2,1-3H3. The van der Waals surface area contributed by atoms with Crippen LogP contribution >= 0.6 is 0 Å². The summed E-state index contributed by atoms with van der Waals surface area (Å²) >= 11 is 0. The molecule has 0 heterocycles. The van der Waals surface area contributed by atoms with Gasteiger partial charge < -0.3 is 4.74 Å². The van der Waals surface area contributed by atoms with Gasteiger partial charge in [-0.15, -0.1) is 13.2 Å². The number of alkyl halides is 3. The molecule has 2 aromatic rings. The predicted molar refractivity (Wildman–Crippen MR) is 85.8 cm³/mol. The summed E-state index contributed by atoms with van der Waals surface area (Å²) in [4.78, 5) is 0. The zero-order chi connectivity index (χ0) is 17.0. The van der Waals surface area contributed by atoms with Crippen LogP contribution in [-0.2, 0) is 6.42 Å². The van der Waals surface area contributed by atoms with Crippen LogP contribution in [0.15, 0.2) is 48.5 Å². The summed E-state index contributed by atoms with van der Waals surface area (Å²) in [6.07, 6.45) is -3.80. The zero-order valence-corrected chi connectivity index (χ0v) is 13.5. The van der Waals surface area contributed by atoms with Crippen LogP contribution in [0.5, 0.6) is 5.75 Å². The van der Waals surface area contributed by atoms with Gasteiger partial charge in [0.2, 0.25) is 0 Å². The molecule has 0 aliphatic carbocycles. The molecular weight excluding hydrogens is 301 g/mol. The maximum absolute atomic E-state index is 12.2. The molecule has 0 bridgehead atoms. The molecular formula is C19H21F3O. The van der Waals surface area contributed by atoms with E-state index in [9.17, 15) is 13.2 Å². The van der Waals surface area contributed by atoms with Crippen LogP contribution in [0.4, 0.5) is 13.2 Å². The van der Waals surface area contributed by atoms with Gasteiger partial charge in [0, 0.05) is 0 Å². The van der Waals surface area contributed by atoms with Crippen molar-refractivity contribution in [2.24, 2.45) is 0 Å². The van der Waals surface area contributed by atoms with E-state index in [0.29, 0.717) is 5.92 Å². The Labute approximate surface area is 135 Å².